The molecule has 0 bridgehead atoms. The van der Waals surface area contributed by atoms with Gasteiger partial charge in [-0.25, -0.2) is 0 Å². The molecule has 1 heterocycles. The van der Waals surface area contributed by atoms with Gasteiger partial charge in [-0.3, -0.25) is 0 Å². The Morgan fingerprint density at radius 3 is 3.17 bits per heavy atom. The molecule has 2 rings (SSSR count). The van der Waals surface area contributed by atoms with Gasteiger partial charge in [-0.2, -0.15) is 0 Å². The van der Waals surface area contributed by atoms with Crippen molar-refractivity contribution in [3.05, 3.63) is 12.2 Å². The molecule has 1 fully saturated rings. The zero-order valence-corrected chi connectivity index (χ0v) is 7.58. The average Bonchev–Trinajstić information content (AvgIpc) is 2.18. The van der Waals surface area contributed by atoms with Gasteiger partial charge >= 0.3 is 0 Å². The highest BCUT2D eigenvalue weighted by molar-refractivity contribution is 5.02. The van der Waals surface area contributed by atoms with Crippen LogP contribution < -0.4 is 0 Å². The van der Waals surface area contributed by atoms with Crippen LogP contribution in [0.25, 0.3) is 0 Å². The van der Waals surface area contributed by atoms with Gasteiger partial charge in [0.2, 0.25) is 0 Å². The molecule has 0 N–H and O–H groups in total. The van der Waals surface area contributed by atoms with Crippen LogP contribution in [0.3, 0.4) is 0 Å². The van der Waals surface area contributed by atoms with Crippen LogP contribution >= 0.6 is 0 Å². The van der Waals surface area contributed by atoms with Crippen molar-refractivity contribution >= 4 is 0 Å². The smallest absolute Gasteiger partial charge is 0.174 e. The molecular weight excluding hydrogens is 152 g/mol. The van der Waals surface area contributed by atoms with E-state index >= 15 is 0 Å². The van der Waals surface area contributed by atoms with E-state index in [4.69, 9.17) is 9.47 Å². The summed E-state index contributed by atoms with van der Waals surface area (Å²) in [7, 11) is 1.76. The molecule has 0 aromatic rings. The van der Waals surface area contributed by atoms with Crippen LogP contribution in [0, 0.1) is 5.92 Å². The van der Waals surface area contributed by atoms with Crippen molar-refractivity contribution in [1.29, 1.82) is 0 Å². The molecule has 1 saturated carbocycles. The van der Waals surface area contributed by atoms with Crippen molar-refractivity contribution in [3.63, 3.8) is 0 Å². The normalized spacial score (nSPS) is 40.9. The molecule has 1 aliphatic heterocycles. The van der Waals surface area contributed by atoms with Crippen molar-refractivity contribution in [2.24, 2.45) is 5.92 Å². The molecule has 0 amide bonds. The minimum Gasteiger partial charge on any atom is -0.353 e. The Kier molecular flexibility index (Phi) is 2.20. The molecule has 1 aliphatic carbocycles. The summed E-state index contributed by atoms with van der Waals surface area (Å²) in [4.78, 5) is 0. The van der Waals surface area contributed by atoms with Crippen LogP contribution in [0.1, 0.15) is 25.7 Å². The van der Waals surface area contributed by atoms with E-state index in [2.05, 4.69) is 12.2 Å². The topological polar surface area (TPSA) is 18.5 Å². The predicted molar refractivity (Wildman–Crippen MR) is 46.8 cm³/mol. The van der Waals surface area contributed by atoms with E-state index in [1.807, 2.05) is 0 Å². The highest BCUT2D eigenvalue weighted by atomic mass is 16.7. The minimum atomic E-state index is -0.271. The average molecular weight is 168 g/mol. The van der Waals surface area contributed by atoms with E-state index in [0.717, 1.165) is 6.42 Å². The van der Waals surface area contributed by atoms with Crippen molar-refractivity contribution in [1.82, 2.24) is 0 Å². The number of fused-ring (bicyclic) bond motifs is 1. The molecule has 2 aliphatic rings. The first-order chi connectivity index (χ1) is 5.87. The summed E-state index contributed by atoms with van der Waals surface area (Å²) in [6, 6.07) is 0. The highest BCUT2D eigenvalue weighted by Gasteiger charge is 2.41. The van der Waals surface area contributed by atoms with Crippen molar-refractivity contribution in [2.45, 2.75) is 31.5 Å². The quantitative estimate of drug-likeness (QED) is 0.558. The second-order valence-corrected chi connectivity index (χ2v) is 3.61. The van der Waals surface area contributed by atoms with Crippen molar-refractivity contribution in [3.8, 4) is 0 Å². The van der Waals surface area contributed by atoms with Gasteiger partial charge < -0.3 is 9.47 Å². The number of hydrogen-bond donors (Lipinski definition) is 0. The van der Waals surface area contributed by atoms with Gasteiger partial charge in [-0.05, 0) is 12.8 Å². The van der Waals surface area contributed by atoms with Gasteiger partial charge in [-0.1, -0.05) is 18.6 Å². The van der Waals surface area contributed by atoms with E-state index in [9.17, 15) is 0 Å². The lowest BCUT2D eigenvalue weighted by Crippen LogP contribution is -2.46. The lowest BCUT2D eigenvalue weighted by atomic mass is 9.82. The third kappa shape index (κ3) is 1.19. The number of ether oxygens (including phenoxy) is 2. The molecule has 2 unspecified atom stereocenters. The Morgan fingerprint density at radius 1 is 1.50 bits per heavy atom. The minimum absolute atomic E-state index is 0.271. The van der Waals surface area contributed by atoms with Crippen LogP contribution in [-0.2, 0) is 9.47 Å². The van der Waals surface area contributed by atoms with Gasteiger partial charge in [0.1, 0.15) is 0 Å². The van der Waals surface area contributed by atoms with Gasteiger partial charge in [0, 0.05) is 19.4 Å². The van der Waals surface area contributed by atoms with Gasteiger partial charge in [0.15, 0.2) is 5.79 Å². The fourth-order valence-corrected chi connectivity index (χ4v) is 2.28. The molecule has 2 nitrogen and oxygen atoms in total. The van der Waals surface area contributed by atoms with Crippen LogP contribution in [0.2, 0.25) is 0 Å². The maximum Gasteiger partial charge on any atom is 0.174 e. The predicted octanol–water partition coefficient (Wildman–Crippen LogP) is 2.11. The van der Waals surface area contributed by atoms with E-state index in [0.29, 0.717) is 12.5 Å². The molecule has 0 aromatic heterocycles. The Morgan fingerprint density at radius 2 is 2.42 bits per heavy atom. The monoisotopic (exact) mass is 168 g/mol. The van der Waals surface area contributed by atoms with Gasteiger partial charge in [0.05, 0.1) is 6.61 Å². The fraction of sp³-hybridized carbons (Fsp3) is 0.800. The summed E-state index contributed by atoms with van der Waals surface area (Å²) >= 11 is 0. The maximum absolute atomic E-state index is 5.71. The molecule has 0 saturated heterocycles. The van der Waals surface area contributed by atoms with Crippen LogP contribution in [0.15, 0.2) is 12.2 Å². The molecule has 0 radical (unpaired) electrons. The molecule has 2 heteroatoms. The van der Waals surface area contributed by atoms with Gasteiger partial charge in [0.25, 0.3) is 0 Å². The lowest BCUT2D eigenvalue weighted by Gasteiger charge is -2.43. The largest absolute Gasteiger partial charge is 0.353 e. The maximum atomic E-state index is 5.71. The van der Waals surface area contributed by atoms with Crippen molar-refractivity contribution < 1.29 is 9.47 Å². The Balaban J connectivity index is 2.18. The number of rotatable bonds is 1. The Bertz CT molecular complexity index is 188. The summed E-state index contributed by atoms with van der Waals surface area (Å²) in [6.45, 7) is 0.713. The standard InChI is InChI=1S/C10H16O2/c1-11-10-7-3-2-5-9(10)6-4-8-12-10/h4,6,9H,2-3,5,7-8H2,1H3. The molecule has 68 valence electrons. The molecule has 12 heavy (non-hydrogen) atoms. The Labute approximate surface area is 73.5 Å². The first-order valence-corrected chi connectivity index (χ1v) is 4.73. The molecule has 2 atom stereocenters. The van der Waals surface area contributed by atoms with E-state index in [-0.39, 0.29) is 5.79 Å². The van der Waals surface area contributed by atoms with E-state index in [1.165, 1.54) is 19.3 Å². The summed E-state index contributed by atoms with van der Waals surface area (Å²) in [6.07, 6.45) is 9.17. The molecule has 0 spiro atoms. The number of methoxy groups -OCH3 is 1. The SMILES string of the molecule is COC12CCCCC1C=CCO2. The van der Waals surface area contributed by atoms with E-state index in [1.54, 1.807) is 7.11 Å². The third-order valence-electron chi connectivity index (χ3n) is 2.99. The summed E-state index contributed by atoms with van der Waals surface area (Å²) in [5, 5.41) is 0. The first-order valence-electron chi connectivity index (χ1n) is 4.73. The van der Waals surface area contributed by atoms with Gasteiger partial charge in [-0.15, -0.1) is 0 Å². The molecular formula is C10H16O2. The zero-order valence-electron chi connectivity index (χ0n) is 7.58. The second kappa shape index (κ2) is 3.19. The number of hydrogen-bond acceptors (Lipinski definition) is 2. The van der Waals surface area contributed by atoms with Crippen LogP contribution in [0.4, 0.5) is 0 Å². The zero-order chi connectivity index (χ0) is 8.44. The van der Waals surface area contributed by atoms with E-state index < -0.39 is 0 Å². The first kappa shape index (κ1) is 8.27. The third-order valence-corrected chi connectivity index (χ3v) is 2.99. The van der Waals surface area contributed by atoms with Crippen LogP contribution in [-0.4, -0.2) is 19.5 Å². The highest BCUT2D eigenvalue weighted by Crippen LogP contribution is 2.40. The summed E-state index contributed by atoms with van der Waals surface area (Å²) in [5.74, 6) is 0.220. The van der Waals surface area contributed by atoms with Crippen molar-refractivity contribution in [2.75, 3.05) is 13.7 Å². The van der Waals surface area contributed by atoms with Crippen LogP contribution in [0.5, 0.6) is 0 Å². The summed E-state index contributed by atoms with van der Waals surface area (Å²) in [5.41, 5.74) is 0. The second-order valence-electron chi connectivity index (χ2n) is 3.61. The molecule has 0 aromatic carbocycles. The Hall–Kier alpha value is -0.340. The summed E-state index contributed by atoms with van der Waals surface area (Å²) < 4.78 is 11.2. The fourth-order valence-electron chi connectivity index (χ4n) is 2.28. The lowest BCUT2D eigenvalue weighted by molar-refractivity contribution is -0.257.